The molecule has 0 saturated heterocycles. The highest BCUT2D eigenvalue weighted by Gasteiger charge is 2.28. The number of ether oxygens (including phenoxy) is 2. The molecule has 0 spiro atoms. The third-order valence-corrected chi connectivity index (χ3v) is 6.83. The number of nitrogens with zero attached hydrogens (tertiary/aromatic N) is 3. The van der Waals surface area contributed by atoms with E-state index in [1.807, 2.05) is 20.8 Å². The Morgan fingerprint density at radius 1 is 0.950 bits per heavy atom. The molecular weight excluding hydrogens is 514 g/mol. The molecular formula is C31H30F2N4O3. The van der Waals surface area contributed by atoms with Crippen molar-refractivity contribution in [1.82, 2.24) is 10.3 Å². The number of pyridine rings is 1. The van der Waals surface area contributed by atoms with Crippen LogP contribution in [0.1, 0.15) is 69.2 Å². The number of hydrogen-bond donors (Lipinski definition) is 1. The minimum Gasteiger partial charge on any atom is -0.494 e. The molecule has 1 aliphatic rings. The second-order valence-electron chi connectivity index (χ2n) is 10.8. The molecule has 0 atom stereocenters. The highest BCUT2D eigenvalue weighted by Crippen LogP contribution is 2.40. The van der Waals surface area contributed by atoms with E-state index in [-0.39, 0.29) is 28.8 Å². The van der Waals surface area contributed by atoms with E-state index in [0.717, 1.165) is 0 Å². The van der Waals surface area contributed by atoms with Gasteiger partial charge < -0.3 is 14.8 Å². The lowest BCUT2D eigenvalue weighted by Gasteiger charge is -2.30. The monoisotopic (exact) mass is 544 g/mol. The van der Waals surface area contributed by atoms with E-state index in [2.05, 4.69) is 11.4 Å². The van der Waals surface area contributed by atoms with Crippen molar-refractivity contribution >= 4 is 6.09 Å². The van der Waals surface area contributed by atoms with Gasteiger partial charge in [0.2, 0.25) is 0 Å². The molecule has 0 bridgehead atoms. The van der Waals surface area contributed by atoms with Gasteiger partial charge in [0.05, 0.1) is 30.0 Å². The first-order chi connectivity index (χ1) is 19.0. The summed E-state index contributed by atoms with van der Waals surface area (Å²) in [7, 11) is 1.36. The van der Waals surface area contributed by atoms with E-state index in [0.29, 0.717) is 53.8 Å². The summed E-state index contributed by atoms with van der Waals surface area (Å²) in [5, 5.41) is 22.2. The molecule has 0 unspecified atom stereocenters. The summed E-state index contributed by atoms with van der Waals surface area (Å²) in [4.78, 5) is 17.1. The fourth-order valence-corrected chi connectivity index (χ4v) is 4.95. The molecule has 1 heterocycles. The lowest BCUT2D eigenvalue weighted by Crippen LogP contribution is -2.40. The van der Waals surface area contributed by atoms with Gasteiger partial charge in [-0.15, -0.1) is 0 Å². The zero-order chi connectivity index (χ0) is 29.0. The highest BCUT2D eigenvalue weighted by atomic mass is 19.1. The fraction of sp³-hybridized carbons (Fsp3) is 0.355. The van der Waals surface area contributed by atoms with Gasteiger partial charge in [-0.05, 0) is 82.3 Å². The van der Waals surface area contributed by atoms with Crippen LogP contribution < -0.4 is 10.1 Å². The van der Waals surface area contributed by atoms with Gasteiger partial charge in [0.15, 0.2) is 11.6 Å². The lowest BCUT2D eigenvalue weighted by molar-refractivity contribution is 0.0491. The van der Waals surface area contributed by atoms with Crippen LogP contribution in [-0.2, 0) is 4.74 Å². The van der Waals surface area contributed by atoms with Crippen LogP contribution in [0.4, 0.5) is 13.6 Å². The van der Waals surface area contributed by atoms with Crippen LogP contribution >= 0.6 is 0 Å². The number of methoxy groups -OCH3 is 1. The Labute approximate surface area is 232 Å². The van der Waals surface area contributed by atoms with Crippen molar-refractivity contribution in [3.63, 3.8) is 0 Å². The highest BCUT2D eigenvalue weighted by molar-refractivity contribution is 5.85. The summed E-state index contributed by atoms with van der Waals surface area (Å²) in [6.07, 6.45) is 2.34. The molecule has 7 nitrogen and oxygen atoms in total. The molecule has 1 saturated carbocycles. The van der Waals surface area contributed by atoms with Crippen LogP contribution in [0, 0.1) is 34.3 Å². The van der Waals surface area contributed by atoms with Crippen molar-refractivity contribution in [2.75, 3.05) is 7.11 Å². The number of carbonyl (C=O) groups is 1. The van der Waals surface area contributed by atoms with Gasteiger partial charge in [-0.25, -0.2) is 13.6 Å². The van der Waals surface area contributed by atoms with Crippen LogP contribution in [-0.4, -0.2) is 29.8 Å². The molecule has 40 heavy (non-hydrogen) atoms. The number of alkyl carbamates (subject to hydrolysis) is 1. The summed E-state index contributed by atoms with van der Waals surface area (Å²) in [5.41, 5.74) is 1.64. The van der Waals surface area contributed by atoms with Gasteiger partial charge in [0.1, 0.15) is 17.5 Å². The third-order valence-electron chi connectivity index (χ3n) is 6.83. The van der Waals surface area contributed by atoms with E-state index in [4.69, 9.17) is 14.5 Å². The maximum atomic E-state index is 14.7. The van der Waals surface area contributed by atoms with Crippen LogP contribution in [0.5, 0.6) is 5.75 Å². The number of hydrogen-bond acceptors (Lipinski definition) is 6. The zero-order valence-electron chi connectivity index (χ0n) is 22.8. The van der Waals surface area contributed by atoms with Crippen molar-refractivity contribution < 1.29 is 23.0 Å². The van der Waals surface area contributed by atoms with E-state index >= 15 is 0 Å². The van der Waals surface area contributed by atoms with Gasteiger partial charge in [-0.3, -0.25) is 4.98 Å². The van der Waals surface area contributed by atoms with Gasteiger partial charge in [-0.1, -0.05) is 12.1 Å². The molecule has 4 rings (SSSR count). The van der Waals surface area contributed by atoms with Crippen LogP contribution in [0.3, 0.4) is 0 Å². The predicted molar refractivity (Wildman–Crippen MR) is 145 cm³/mol. The Morgan fingerprint density at radius 3 is 2.17 bits per heavy atom. The van der Waals surface area contributed by atoms with Crippen molar-refractivity contribution in [1.29, 1.82) is 10.5 Å². The molecule has 2 aromatic carbocycles. The zero-order valence-corrected chi connectivity index (χ0v) is 22.8. The number of benzene rings is 2. The van der Waals surface area contributed by atoms with Crippen LogP contribution in [0.15, 0.2) is 42.5 Å². The van der Waals surface area contributed by atoms with E-state index < -0.39 is 23.3 Å². The van der Waals surface area contributed by atoms with Crippen molar-refractivity contribution in [2.24, 2.45) is 0 Å². The van der Waals surface area contributed by atoms with E-state index in [9.17, 15) is 24.1 Å². The third kappa shape index (κ3) is 6.38. The van der Waals surface area contributed by atoms with Crippen LogP contribution in [0.2, 0.25) is 0 Å². The molecule has 9 heteroatoms. The van der Waals surface area contributed by atoms with Gasteiger partial charge >= 0.3 is 6.09 Å². The van der Waals surface area contributed by atoms with Gasteiger partial charge in [-0.2, -0.15) is 10.5 Å². The Kier molecular flexibility index (Phi) is 8.35. The van der Waals surface area contributed by atoms with Crippen LogP contribution in [0.25, 0.3) is 22.4 Å². The number of amides is 1. The first kappa shape index (κ1) is 28.5. The standard InChI is InChI=1S/C31H30F2N4O3/c1-31(2,3)40-30(38)36-23-10-7-18(8-11-23)26-15-22(17-35)28(19-9-12-27(39-4)25(33)13-19)29(37-26)20-5-6-21(16-34)24(32)14-20/h5-6,9,12-15,18,23H,7-8,10-11H2,1-4H3,(H,36,38). The number of rotatable bonds is 5. The number of nitriles is 2. The largest absolute Gasteiger partial charge is 0.494 e. The first-order valence-electron chi connectivity index (χ1n) is 13.0. The topological polar surface area (TPSA) is 108 Å². The quantitative estimate of drug-likeness (QED) is 0.371. The molecule has 1 amide bonds. The normalized spacial score (nSPS) is 16.9. The molecule has 1 N–H and O–H groups in total. The number of carbonyl (C=O) groups excluding carboxylic acids is 1. The molecule has 1 aromatic heterocycles. The Balaban J connectivity index is 1.72. The average molecular weight is 545 g/mol. The molecule has 206 valence electrons. The minimum atomic E-state index is -0.716. The Hall–Kier alpha value is -4.50. The minimum absolute atomic E-state index is 0.00702. The molecule has 0 radical (unpaired) electrons. The van der Waals surface area contributed by atoms with E-state index in [1.165, 1.54) is 31.4 Å². The Morgan fingerprint density at radius 2 is 1.60 bits per heavy atom. The summed E-state index contributed by atoms with van der Waals surface area (Å²) < 4.78 is 39.8. The maximum Gasteiger partial charge on any atom is 0.407 e. The van der Waals surface area contributed by atoms with Crippen molar-refractivity contribution in [2.45, 2.75) is 64.0 Å². The van der Waals surface area contributed by atoms with E-state index in [1.54, 1.807) is 24.3 Å². The second kappa shape index (κ2) is 11.7. The summed E-state index contributed by atoms with van der Waals surface area (Å²) in [5.74, 6) is -1.28. The van der Waals surface area contributed by atoms with Gasteiger partial charge in [0, 0.05) is 28.8 Å². The molecule has 3 aromatic rings. The smallest absolute Gasteiger partial charge is 0.407 e. The summed E-state index contributed by atoms with van der Waals surface area (Å²) in [6.45, 7) is 5.43. The van der Waals surface area contributed by atoms with Gasteiger partial charge in [0.25, 0.3) is 0 Å². The fourth-order valence-electron chi connectivity index (χ4n) is 4.95. The summed E-state index contributed by atoms with van der Waals surface area (Å²) in [6, 6.07) is 14.1. The Bertz CT molecular complexity index is 1510. The molecule has 1 fully saturated rings. The lowest BCUT2D eigenvalue weighted by atomic mass is 9.82. The van der Waals surface area contributed by atoms with Crippen molar-refractivity contribution in [3.8, 4) is 40.3 Å². The number of halogens is 2. The SMILES string of the molecule is COc1ccc(-c2c(C#N)cc(C3CCC(NC(=O)OC(C)(C)C)CC3)nc2-c2ccc(C#N)c(F)c2)cc1F. The molecule has 0 aliphatic heterocycles. The average Bonchev–Trinajstić information content (AvgIpc) is 2.91. The maximum absolute atomic E-state index is 14.7. The molecule has 1 aliphatic carbocycles. The predicted octanol–water partition coefficient (Wildman–Crippen LogP) is 7.00. The number of nitrogens with one attached hydrogen (secondary N) is 1. The van der Waals surface area contributed by atoms with Crippen molar-refractivity contribution in [3.05, 3.63) is 70.9 Å². The number of aromatic nitrogens is 1. The summed E-state index contributed by atoms with van der Waals surface area (Å²) >= 11 is 0. The first-order valence-corrected chi connectivity index (χ1v) is 13.0. The second-order valence-corrected chi connectivity index (χ2v) is 10.8.